The Labute approximate surface area is 433 Å². The predicted molar refractivity (Wildman–Crippen MR) is 288 cm³/mol. The summed E-state index contributed by atoms with van der Waals surface area (Å²) < 4.78 is 7.04. The zero-order valence-electron chi connectivity index (χ0n) is 47.4. The summed E-state index contributed by atoms with van der Waals surface area (Å²) >= 11 is 0. The summed E-state index contributed by atoms with van der Waals surface area (Å²) in [5.41, 5.74) is 3.97. The number of amides is 1. The molecule has 4 unspecified atom stereocenters. The van der Waals surface area contributed by atoms with Crippen molar-refractivity contribution in [2.75, 3.05) is 6.54 Å². The number of carbonyl (C=O) groups excluding carboxylic acids is 2. The lowest BCUT2D eigenvalue weighted by molar-refractivity contribution is -0.242. The molecule has 400 valence electrons. The quantitative estimate of drug-likeness (QED) is 0.0858. The maximum absolute atomic E-state index is 15.4. The summed E-state index contributed by atoms with van der Waals surface area (Å²) in [7, 11) is 0. The number of esters is 1. The molecular formula is C64H104N2O5. The Bertz CT molecular complexity index is 2060. The monoisotopic (exact) mass is 981 g/mol. The van der Waals surface area contributed by atoms with Gasteiger partial charge in [-0.2, -0.15) is 0 Å². The second-order valence-corrected chi connectivity index (χ2v) is 29.5. The van der Waals surface area contributed by atoms with Gasteiger partial charge in [0.25, 0.3) is 0 Å². The molecule has 7 nitrogen and oxygen atoms in total. The van der Waals surface area contributed by atoms with Crippen molar-refractivity contribution >= 4 is 17.8 Å². The van der Waals surface area contributed by atoms with Gasteiger partial charge in [-0.3, -0.25) is 9.59 Å². The van der Waals surface area contributed by atoms with Crippen LogP contribution in [0.5, 0.6) is 0 Å². The van der Waals surface area contributed by atoms with Crippen LogP contribution in [0.15, 0.2) is 23.8 Å². The highest BCUT2D eigenvalue weighted by Gasteiger charge is 2.72. The molecule has 3 N–H and O–H groups in total. The highest BCUT2D eigenvalue weighted by atomic mass is 16.5. The van der Waals surface area contributed by atoms with Gasteiger partial charge in [0.15, 0.2) is 0 Å². The molecule has 0 aromatic carbocycles. The van der Waals surface area contributed by atoms with Gasteiger partial charge in [-0.1, -0.05) is 112 Å². The van der Waals surface area contributed by atoms with Crippen LogP contribution in [0.4, 0.5) is 0 Å². The van der Waals surface area contributed by atoms with Crippen molar-refractivity contribution in [2.45, 2.75) is 249 Å². The number of fused-ring (bicyclic) bond motifs is 12. The number of allylic oxidation sites excluding steroid dienone is 2. The average molecular weight is 982 g/mol. The molecule has 19 atom stereocenters. The Hall–Kier alpha value is -2.15. The molecule has 71 heavy (non-hydrogen) atoms. The molecule has 8 saturated carbocycles. The molecule has 7 heteroatoms. The van der Waals surface area contributed by atoms with E-state index in [2.05, 4.69) is 99.4 Å². The van der Waals surface area contributed by atoms with Gasteiger partial charge in [0, 0.05) is 19.4 Å². The fraction of sp³-hybridized carbons (Fsp3) is 0.891. The number of hydrogen-bond acceptors (Lipinski definition) is 5. The van der Waals surface area contributed by atoms with Crippen molar-refractivity contribution in [1.82, 2.24) is 10.6 Å². The minimum Gasteiger partial charge on any atom is -0.480 e. The van der Waals surface area contributed by atoms with E-state index in [-0.39, 0.29) is 45.1 Å². The first-order valence-electron chi connectivity index (χ1n) is 30.2. The van der Waals surface area contributed by atoms with Crippen molar-refractivity contribution in [2.24, 2.45) is 103 Å². The second-order valence-electron chi connectivity index (χ2n) is 29.5. The first kappa shape index (κ1) is 53.7. The molecule has 9 aliphatic carbocycles. The van der Waals surface area contributed by atoms with E-state index in [9.17, 15) is 14.7 Å². The van der Waals surface area contributed by atoms with E-state index in [1.807, 2.05) is 0 Å². The van der Waals surface area contributed by atoms with E-state index in [1.54, 1.807) is 5.57 Å². The number of carboxylic acid groups (broad SMARTS) is 1. The van der Waals surface area contributed by atoms with E-state index in [4.69, 9.17) is 4.74 Å². The first-order chi connectivity index (χ1) is 33.4. The van der Waals surface area contributed by atoms with Crippen LogP contribution in [-0.4, -0.2) is 47.7 Å². The van der Waals surface area contributed by atoms with Gasteiger partial charge in [-0.05, 0) is 233 Å². The van der Waals surface area contributed by atoms with Gasteiger partial charge < -0.3 is 20.5 Å². The normalized spacial score (nSPS) is 46.1. The molecule has 1 amide bonds. The van der Waals surface area contributed by atoms with Crippen LogP contribution in [-0.2, 0) is 19.1 Å². The van der Waals surface area contributed by atoms with Crippen LogP contribution in [0.1, 0.15) is 231 Å². The molecule has 0 radical (unpaired) electrons. The Balaban J connectivity index is 0.868. The van der Waals surface area contributed by atoms with Crippen LogP contribution in [0, 0.1) is 103 Å². The lowest BCUT2D eigenvalue weighted by Gasteiger charge is -2.73. The third-order valence-corrected chi connectivity index (χ3v) is 25.8. The number of aliphatic carboxylic acids is 1. The van der Waals surface area contributed by atoms with Crippen LogP contribution in [0.25, 0.3) is 0 Å². The van der Waals surface area contributed by atoms with E-state index in [1.165, 1.54) is 102 Å². The van der Waals surface area contributed by atoms with Crippen LogP contribution in [0.3, 0.4) is 0 Å². The van der Waals surface area contributed by atoms with Gasteiger partial charge in [0.05, 0.1) is 5.41 Å². The maximum Gasteiger partial charge on any atom is 0.326 e. The summed E-state index contributed by atoms with van der Waals surface area (Å²) in [5, 5.41) is 16.2. The molecule has 0 aliphatic heterocycles. The predicted octanol–water partition coefficient (Wildman–Crippen LogP) is 14.9. The molecule has 0 heterocycles. The zero-order valence-corrected chi connectivity index (χ0v) is 47.4. The van der Waals surface area contributed by atoms with Gasteiger partial charge in [-0.15, -0.1) is 0 Å². The molecular weight excluding hydrogens is 877 g/mol. The third-order valence-electron chi connectivity index (χ3n) is 25.8. The van der Waals surface area contributed by atoms with Crippen LogP contribution < -0.4 is 10.6 Å². The SMILES string of the molecule is C=C(C)[C@@H]1CC[C@]2(C(=O)O[C@@H]3CC[C@@]4(C)C(=CC[C@H]5[C@@H]6CC[C@H]([C@H](C)CCCC(C)C)[C@@]6(C)CC[C@@H]54)C3)CC[C@]3(C)[C@H](CC[C@@H]4[C@@]5(C)CCC(NCCCC(NC(C)=O)C(=O)O)C(C)(C)C5CC[C@]43C)C12. The summed E-state index contributed by atoms with van der Waals surface area (Å²) in [5.74, 6) is 6.33. The van der Waals surface area contributed by atoms with Gasteiger partial charge >= 0.3 is 11.9 Å². The fourth-order valence-corrected chi connectivity index (χ4v) is 22.0. The molecule has 9 rings (SSSR count). The largest absolute Gasteiger partial charge is 0.480 e. The molecule has 0 bridgehead atoms. The molecule has 0 aromatic rings. The fourth-order valence-electron chi connectivity index (χ4n) is 22.0. The van der Waals surface area contributed by atoms with Crippen molar-refractivity contribution in [3.63, 3.8) is 0 Å². The summed E-state index contributed by atoms with van der Waals surface area (Å²) in [6.07, 6.45) is 29.5. The Kier molecular flexibility index (Phi) is 14.7. The van der Waals surface area contributed by atoms with Crippen molar-refractivity contribution in [3.8, 4) is 0 Å². The number of rotatable bonds is 15. The number of ether oxygens (including phenoxy) is 1. The molecule has 0 saturated heterocycles. The molecule has 8 fully saturated rings. The lowest BCUT2D eigenvalue weighted by Crippen LogP contribution is -2.68. The van der Waals surface area contributed by atoms with Gasteiger partial charge in [-0.25, -0.2) is 4.79 Å². The zero-order chi connectivity index (χ0) is 51.3. The Morgan fingerprint density at radius 1 is 0.732 bits per heavy atom. The topological polar surface area (TPSA) is 105 Å². The molecule has 9 aliphatic rings. The highest BCUT2D eigenvalue weighted by molar-refractivity contribution is 5.82. The van der Waals surface area contributed by atoms with E-state index >= 15 is 4.79 Å². The maximum atomic E-state index is 15.4. The summed E-state index contributed by atoms with van der Waals surface area (Å²) in [6, 6.07) is -0.457. The van der Waals surface area contributed by atoms with E-state index in [0.717, 1.165) is 87.0 Å². The highest BCUT2D eigenvalue weighted by Crippen LogP contribution is 2.78. The van der Waals surface area contributed by atoms with Crippen LogP contribution >= 0.6 is 0 Å². The average Bonchev–Trinajstić information content (AvgIpc) is 3.87. The minimum atomic E-state index is -0.961. The number of carbonyl (C=O) groups is 3. The van der Waals surface area contributed by atoms with Crippen molar-refractivity contribution in [3.05, 3.63) is 23.8 Å². The lowest BCUT2D eigenvalue weighted by atomic mass is 9.32. The van der Waals surface area contributed by atoms with E-state index in [0.29, 0.717) is 53.9 Å². The third kappa shape index (κ3) is 8.70. The Morgan fingerprint density at radius 2 is 1.46 bits per heavy atom. The second kappa shape index (κ2) is 19.5. The molecule has 0 aromatic heterocycles. The Morgan fingerprint density at radius 3 is 2.17 bits per heavy atom. The number of nitrogens with one attached hydrogen (secondary N) is 2. The number of carboxylic acids is 1. The van der Waals surface area contributed by atoms with Gasteiger partial charge in [0.1, 0.15) is 12.1 Å². The van der Waals surface area contributed by atoms with Gasteiger partial charge in [0.2, 0.25) is 5.91 Å². The first-order valence-corrected chi connectivity index (χ1v) is 30.2. The van der Waals surface area contributed by atoms with Crippen molar-refractivity contribution in [1.29, 1.82) is 0 Å². The summed E-state index contributed by atoms with van der Waals surface area (Å²) in [6.45, 7) is 34.9. The van der Waals surface area contributed by atoms with Crippen molar-refractivity contribution < 1.29 is 24.2 Å². The number of hydrogen-bond donors (Lipinski definition) is 3. The standard InChI is InChI=1S/C64H104N2O5/c1-39(2)16-14-17-41(5)47-21-22-48-46-20-19-43-38-44(25-30-59(43,9)49(46)27-31-60(47,48)10)71-57(70)64-34-26-45(40(3)4)55(64)50-23-24-53-61(11)32-29-54(65-37-15-18-51(56(68)69)66-42(6)67)58(7,8)52(61)28-33-63(53,13)62(50,12)35-36-64/h19,39,41,44-55,65H,3,14-18,20-38H2,1-2,4-13H3,(H,66,67)(H,68,69)/t41-,44-,45+,46+,47-,48+,49+,50-,51?,52?,53-,54?,55?,59+,60-,61+,62-,63-,64+/m1/s1. The van der Waals surface area contributed by atoms with Crippen LogP contribution in [0.2, 0.25) is 0 Å². The summed E-state index contributed by atoms with van der Waals surface area (Å²) in [4.78, 5) is 38.8. The molecule has 0 spiro atoms. The smallest absolute Gasteiger partial charge is 0.326 e. The minimum absolute atomic E-state index is 0.00356. The van der Waals surface area contributed by atoms with E-state index < -0.39 is 17.4 Å².